The Bertz CT molecular complexity index is 2180. The molecule has 7 aromatic carbocycles. The standard InChI is InChI=1S/C44H36N2/c1-43(2)35-20-9-11-22-37(35)45(39-26-24-29-14-5-7-18-33(29)41(39)43)31-16-13-17-32(28-31)46-38-23-12-10-21-36(38)44(3,4)42-34-19-8-6-15-30(34)25-27-40(42)46/h5-28H,1-4H3. The van der Waals surface area contributed by atoms with Crippen LogP contribution in [0.4, 0.5) is 34.1 Å². The third kappa shape index (κ3) is 3.64. The second kappa shape index (κ2) is 9.58. The summed E-state index contributed by atoms with van der Waals surface area (Å²) in [5, 5.41) is 5.18. The third-order valence-corrected chi connectivity index (χ3v) is 10.5. The summed E-state index contributed by atoms with van der Waals surface area (Å²) in [7, 11) is 0. The highest BCUT2D eigenvalue weighted by molar-refractivity contribution is 6.00. The highest BCUT2D eigenvalue weighted by atomic mass is 15.2. The van der Waals surface area contributed by atoms with Gasteiger partial charge in [0.25, 0.3) is 0 Å². The largest absolute Gasteiger partial charge is 0.310 e. The summed E-state index contributed by atoms with van der Waals surface area (Å²) in [5.41, 5.74) is 12.4. The minimum Gasteiger partial charge on any atom is -0.310 e. The van der Waals surface area contributed by atoms with Crippen LogP contribution in [0, 0.1) is 0 Å². The first-order valence-corrected chi connectivity index (χ1v) is 16.3. The number of fused-ring (bicyclic) bond motifs is 8. The van der Waals surface area contributed by atoms with Crippen LogP contribution in [0.25, 0.3) is 21.5 Å². The van der Waals surface area contributed by atoms with Crippen LogP contribution < -0.4 is 9.80 Å². The van der Waals surface area contributed by atoms with Crippen LogP contribution in [-0.4, -0.2) is 0 Å². The molecule has 46 heavy (non-hydrogen) atoms. The van der Waals surface area contributed by atoms with Gasteiger partial charge >= 0.3 is 0 Å². The Kier molecular flexibility index (Phi) is 5.63. The Morgan fingerprint density at radius 3 is 1.26 bits per heavy atom. The van der Waals surface area contributed by atoms with Gasteiger partial charge < -0.3 is 9.80 Å². The minimum absolute atomic E-state index is 0.154. The first kappa shape index (κ1) is 27.0. The lowest BCUT2D eigenvalue weighted by Crippen LogP contribution is -2.31. The van der Waals surface area contributed by atoms with Crippen molar-refractivity contribution in [3.05, 3.63) is 168 Å². The number of rotatable bonds is 2. The molecule has 0 aromatic heterocycles. The minimum atomic E-state index is -0.154. The zero-order chi connectivity index (χ0) is 31.2. The highest BCUT2D eigenvalue weighted by Gasteiger charge is 2.40. The van der Waals surface area contributed by atoms with E-state index >= 15 is 0 Å². The second-order valence-electron chi connectivity index (χ2n) is 13.8. The number of hydrogen-bond acceptors (Lipinski definition) is 2. The van der Waals surface area contributed by atoms with Gasteiger partial charge in [-0.1, -0.05) is 131 Å². The Morgan fingerprint density at radius 2 is 0.783 bits per heavy atom. The molecule has 7 aromatic rings. The van der Waals surface area contributed by atoms with Crippen molar-refractivity contribution in [3.8, 4) is 0 Å². The van der Waals surface area contributed by atoms with Gasteiger partial charge in [-0.15, -0.1) is 0 Å². The molecular formula is C44H36N2. The fraction of sp³-hybridized carbons (Fsp3) is 0.136. The summed E-state index contributed by atoms with van der Waals surface area (Å²) >= 11 is 0. The molecule has 2 aliphatic rings. The smallest absolute Gasteiger partial charge is 0.0509 e. The van der Waals surface area contributed by atoms with Crippen molar-refractivity contribution in [2.75, 3.05) is 9.80 Å². The van der Waals surface area contributed by atoms with Gasteiger partial charge in [-0.3, -0.25) is 0 Å². The number of hydrogen-bond donors (Lipinski definition) is 0. The van der Waals surface area contributed by atoms with Gasteiger partial charge in [-0.05, 0) is 86.3 Å². The maximum Gasteiger partial charge on any atom is 0.0509 e. The van der Waals surface area contributed by atoms with E-state index in [2.05, 4.69) is 183 Å². The molecule has 2 heterocycles. The molecule has 0 aliphatic carbocycles. The van der Waals surface area contributed by atoms with Gasteiger partial charge in [0, 0.05) is 22.2 Å². The monoisotopic (exact) mass is 592 g/mol. The van der Waals surface area contributed by atoms with Crippen molar-refractivity contribution in [1.82, 2.24) is 0 Å². The summed E-state index contributed by atoms with van der Waals surface area (Å²) in [6, 6.07) is 53.8. The van der Waals surface area contributed by atoms with Gasteiger partial charge in [0.05, 0.1) is 22.7 Å². The average molecular weight is 593 g/mol. The molecule has 0 atom stereocenters. The number of nitrogens with zero attached hydrogens (tertiary/aromatic N) is 2. The fourth-order valence-corrected chi connectivity index (χ4v) is 8.46. The summed E-state index contributed by atoms with van der Waals surface area (Å²) < 4.78 is 0. The molecular weight excluding hydrogens is 556 g/mol. The Morgan fingerprint density at radius 1 is 0.370 bits per heavy atom. The maximum atomic E-state index is 2.48. The summed E-state index contributed by atoms with van der Waals surface area (Å²) in [5.74, 6) is 0. The normalized spacial score (nSPS) is 15.7. The molecule has 0 spiro atoms. The van der Waals surface area contributed by atoms with E-state index in [1.54, 1.807) is 0 Å². The van der Waals surface area contributed by atoms with Crippen molar-refractivity contribution >= 4 is 55.7 Å². The Labute approximate surface area is 271 Å². The Hall–Kier alpha value is -5.34. The van der Waals surface area contributed by atoms with Gasteiger partial charge in [0.2, 0.25) is 0 Å². The van der Waals surface area contributed by atoms with E-state index in [-0.39, 0.29) is 10.8 Å². The molecule has 0 fully saturated rings. The van der Waals surface area contributed by atoms with Gasteiger partial charge in [-0.25, -0.2) is 0 Å². The SMILES string of the molecule is CC1(C)c2ccccc2N(c2cccc(N3c4ccccc4C(C)(C)c4c3ccc3ccccc43)c2)c2ccc3ccccc3c21. The van der Waals surface area contributed by atoms with Crippen LogP contribution in [0.2, 0.25) is 0 Å². The van der Waals surface area contributed by atoms with E-state index in [4.69, 9.17) is 0 Å². The van der Waals surface area contributed by atoms with Crippen LogP contribution in [0.15, 0.2) is 146 Å². The number of anilines is 6. The Balaban J connectivity index is 1.30. The maximum absolute atomic E-state index is 2.48. The van der Waals surface area contributed by atoms with E-state index in [1.807, 2.05) is 0 Å². The summed E-state index contributed by atoms with van der Waals surface area (Å²) in [4.78, 5) is 4.96. The lowest BCUT2D eigenvalue weighted by molar-refractivity contribution is 0.638. The van der Waals surface area contributed by atoms with Crippen molar-refractivity contribution in [2.45, 2.75) is 38.5 Å². The second-order valence-corrected chi connectivity index (χ2v) is 13.8. The van der Waals surface area contributed by atoms with E-state index in [9.17, 15) is 0 Å². The van der Waals surface area contributed by atoms with Gasteiger partial charge in [0.15, 0.2) is 0 Å². The van der Waals surface area contributed by atoms with E-state index < -0.39 is 0 Å². The molecule has 0 unspecified atom stereocenters. The first-order chi connectivity index (χ1) is 22.4. The predicted octanol–water partition coefficient (Wildman–Crippen LogP) is 12.2. The summed E-state index contributed by atoms with van der Waals surface area (Å²) in [6.07, 6.45) is 0. The molecule has 2 heteroatoms. The van der Waals surface area contributed by atoms with Gasteiger partial charge in [0.1, 0.15) is 0 Å². The molecule has 2 aliphatic heterocycles. The molecule has 0 bridgehead atoms. The average Bonchev–Trinajstić information content (AvgIpc) is 3.08. The molecule has 0 radical (unpaired) electrons. The zero-order valence-corrected chi connectivity index (χ0v) is 26.8. The fourth-order valence-electron chi connectivity index (χ4n) is 8.46. The van der Waals surface area contributed by atoms with E-state index in [0.29, 0.717) is 0 Å². The van der Waals surface area contributed by atoms with Crippen LogP contribution >= 0.6 is 0 Å². The molecule has 0 N–H and O–H groups in total. The number of para-hydroxylation sites is 2. The zero-order valence-electron chi connectivity index (χ0n) is 26.8. The molecule has 0 saturated carbocycles. The number of benzene rings is 7. The lowest BCUT2D eigenvalue weighted by Gasteiger charge is -2.44. The van der Waals surface area contributed by atoms with Crippen molar-refractivity contribution < 1.29 is 0 Å². The van der Waals surface area contributed by atoms with Crippen molar-refractivity contribution in [2.24, 2.45) is 0 Å². The molecule has 0 saturated heterocycles. The highest BCUT2D eigenvalue weighted by Crippen LogP contribution is 2.56. The predicted molar refractivity (Wildman–Crippen MR) is 195 cm³/mol. The quantitative estimate of drug-likeness (QED) is 0.197. The van der Waals surface area contributed by atoms with Crippen LogP contribution in [-0.2, 0) is 10.8 Å². The first-order valence-electron chi connectivity index (χ1n) is 16.3. The molecule has 2 nitrogen and oxygen atoms in total. The van der Waals surface area contributed by atoms with Crippen LogP contribution in [0.5, 0.6) is 0 Å². The summed E-state index contributed by atoms with van der Waals surface area (Å²) in [6.45, 7) is 9.49. The van der Waals surface area contributed by atoms with Crippen molar-refractivity contribution in [3.63, 3.8) is 0 Å². The van der Waals surface area contributed by atoms with Gasteiger partial charge in [-0.2, -0.15) is 0 Å². The van der Waals surface area contributed by atoms with Crippen LogP contribution in [0.3, 0.4) is 0 Å². The molecule has 222 valence electrons. The molecule has 9 rings (SSSR count). The van der Waals surface area contributed by atoms with E-state index in [1.165, 1.54) is 66.5 Å². The van der Waals surface area contributed by atoms with E-state index in [0.717, 1.165) is 11.4 Å². The topological polar surface area (TPSA) is 6.48 Å². The lowest BCUT2D eigenvalue weighted by atomic mass is 9.71. The van der Waals surface area contributed by atoms with Crippen molar-refractivity contribution in [1.29, 1.82) is 0 Å². The van der Waals surface area contributed by atoms with Crippen LogP contribution in [0.1, 0.15) is 49.9 Å². The molecule has 0 amide bonds. The third-order valence-electron chi connectivity index (χ3n) is 10.5.